The standard InChI is InChI=1S/C16H26N4O/c1-11-5-6-14(7-15(11)17)18-16(21)10-20-8-12(2)19(4)13(3)9-20/h5-7,12-13H,8-10,17H2,1-4H3,(H,18,21). The number of anilines is 2. The Labute approximate surface area is 127 Å². The quantitative estimate of drug-likeness (QED) is 0.829. The van der Waals surface area contributed by atoms with Gasteiger partial charge in [0.25, 0.3) is 0 Å². The van der Waals surface area contributed by atoms with E-state index in [1.807, 2.05) is 25.1 Å². The van der Waals surface area contributed by atoms with Crippen LogP contribution in [-0.4, -0.2) is 54.5 Å². The molecule has 0 aromatic heterocycles. The molecule has 5 nitrogen and oxygen atoms in total. The summed E-state index contributed by atoms with van der Waals surface area (Å²) < 4.78 is 0. The third-order valence-electron chi connectivity index (χ3n) is 4.37. The van der Waals surface area contributed by atoms with E-state index >= 15 is 0 Å². The maximum absolute atomic E-state index is 12.2. The topological polar surface area (TPSA) is 61.6 Å². The average Bonchev–Trinajstić information content (AvgIpc) is 2.40. The number of benzene rings is 1. The number of rotatable bonds is 3. The van der Waals surface area contributed by atoms with Gasteiger partial charge >= 0.3 is 0 Å². The van der Waals surface area contributed by atoms with Crippen molar-refractivity contribution in [2.75, 3.05) is 37.7 Å². The third-order valence-corrected chi connectivity index (χ3v) is 4.37. The average molecular weight is 290 g/mol. The smallest absolute Gasteiger partial charge is 0.238 e. The summed E-state index contributed by atoms with van der Waals surface area (Å²) in [5, 5.41) is 2.92. The van der Waals surface area contributed by atoms with E-state index in [0.29, 0.717) is 24.3 Å². The molecule has 0 bridgehead atoms. The molecule has 0 aliphatic carbocycles. The first kappa shape index (κ1) is 15.8. The van der Waals surface area contributed by atoms with E-state index in [-0.39, 0.29) is 5.91 Å². The fourth-order valence-electron chi connectivity index (χ4n) is 2.76. The van der Waals surface area contributed by atoms with Crippen LogP contribution < -0.4 is 11.1 Å². The first-order valence-electron chi connectivity index (χ1n) is 7.47. The van der Waals surface area contributed by atoms with Gasteiger partial charge in [-0.1, -0.05) is 6.07 Å². The fourth-order valence-corrected chi connectivity index (χ4v) is 2.76. The van der Waals surface area contributed by atoms with Crippen LogP contribution in [0.25, 0.3) is 0 Å². The lowest BCUT2D eigenvalue weighted by molar-refractivity contribution is -0.118. The monoisotopic (exact) mass is 290 g/mol. The van der Waals surface area contributed by atoms with Crippen molar-refractivity contribution in [3.05, 3.63) is 23.8 Å². The second kappa shape index (κ2) is 6.45. The van der Waals surface area contributed by atoms with Crippen LogP contribution in [0.4, 0.5) is 11.4 Å². The number of likely N-dealkylation sites (N-methyl/N-ethyl adjacent to an activating group) is 1. The van der Waals surface area contributed by atoms with Gasteiger partial charge in [-0.3, -0.25) is 14.6 Å². The normalized spacial score (nSPS) is 24.0. The number of amides is 1. The highest BCUT2D eigenvalue weighted by atomic mass is 16.2. The van der Waals surface area contributed by atoms with Crippen LogP contribution in [0.2, 0.25) is 0 Å². The molecule has 1 aromatic carbocycles. The maximum atomic E-state index is 12.2. The van der Waals surface area contributed by atoms with Crippen LogP contribution in [0.3, 0.4) is 0 Å². The number of nitrogens with zero attached hydrogens (tertiary/aromatic N) is 2. The molecule has 1 aliphatic heterocycles. The Bertz CT molecular complexity index is 505. The van der Waals surface area contributed by atoms with Gasteiger partial charge in [0.2, 0.25) is 5.91 Å². The van der Waals surface area contributed by atoms with Gasteiger partial charge in [0, 0.05) is 36.5 Å². The van der Waals surface area contributed by atoms with Crippen molar-refractivity contribution in [3.8, 4) is 0 Å². The molecule has 1 fully saturated rings. The molecule has 21 heavy (non-hydrogen) atoms. The Morgan fingerprint density at radius 1 is 1.33 bits per heavy atom. The zero-order chi connectivity index (χ0) is 15.6. The van der Waals surface area contributed by atoms with Crippen LogP contribution in [0, 0.1) is 6.92 Å². The van der Waals surface area contributed by atoms with Crippen LogP contribution in [0.1, 0.15) is 19.4 Å². The second-order valence-corrected chi connectivity index (χ2v) is 6.18. The third kappa shape index (κ3) is 3.95. The molecule has 1 heterocycles. The summed E-state index contributed by atoms with van der Waals surface area (Å²) >= 11 is 0. The molecule has 5 heteroatoms. The van der Waals surface area contributed by atoms with Crippen molar-refractivity contribution in [3.63, 3.8) is 0 Å². The number of piperazine rings is 1. The first-order chi connectivity index (χ1) is 9.86. The molecule has 2 rings (SSSR count). The fraction of sp³-hybridized carbons (Fsp3) is 0.562. The molecule has 1 aliphatic rings. The summed E-state index contributed by atoms with van der Waals surface area (Å²) in [4.78, 5) is 16.7. The van der Waals surface area contributed by atoms with Gasteiger partial charge in [-0.2, -0.15) is 0 Å². The Morgan fingerprint density at radius 2 is 1.95 bits per heavy atom. The molecular formula is C16H26N4O. The Kier molecular flexibility index (Phi) is 4.85. The van der Waals surface area contributed by atoms with E-state index in [9.17, 15) is 4.79 Å². The van der Waals surface area contributed by atoms with Gasteiger partial charge in [0.05, 0.1) is 6.54 Å². The van der Waals surface area contributed by atoms with E-state index in [4.69, 9.17) is 5.73 Å². The van der Waals surface area contributed by atoms with Crippen molar-refractivity contribution < 1.29 is 4.79 Å². The van der Waals surface area contributed by atoms with Crippen LogP contribution in [0.15, 0.2) is 18.2 Å². The van der Waals surface area contributed by atoms with Crippen LogP contribution >= 0.6 is 0 Å². The second-order valence-electron chi connectivity index (χ2n) is 6.18. The number of hydrogen-bond donors (Lipinski definition) is 2. The van der Waals surface area contributed by atoms with E-state index in [2.05, 4.69) is 36.0 Å². The van der Waals surface area contributed by atoms with Gasteiger partial charge in [0.1, 0.15) is 0 Å². The van der Waals surface area contributed by atoms with Crippen molar-refractivity contribution in [2.45, 2.75) is 32.9 Å². The molecule has 0 radical (unpaired) electrons. The van der Waals surface area contributed by atoms with E-state index < -0.39 is 0 Å². The number of hydrogen-bond acceptors (Lipinski definition) is 4. The van der Waals surface area contributed by atoms with Crippen molar-refractivity contribution in [2.24, 2.45) is 0 Å². The highest BCUT2D eigenvalue weighted by Crippen LogP contribution is 2.17. The van der Waals surface area contributed by atoms with Crippen molar-refractivity contribution in [1.29, 1.82) is 0 Å². The SMILES string of the molecule is Cc1ccc(NC(=O)CN2CC(C)N(C)C(C)C2)cc1N. The van der Waals surface area contributed by atoms with E-state index in [0.717, 1.165) is 24.3 Å². The van der Waals surface area contributed by atoms with E-state index in [1.165, 1.54) is 0 Å². The minimum absolute atomic E-state index is 0.0159. The number of nitrogen functional groups attached to an aromatic ring is 1. The summed E-state index contributed by atoms with van der Waals surface area (Å²) in [5.74, 6) is 0.0159. The van der Waals surface area contributed by atoms with Gasteiger partial charge in [-0.25, -0.2) is 0 Å². The molecule has 116 valence electrons. The summed E-state index contributed by atoms with van der Waals surface area (Å²) in [5.41, 5.74) is 8.35. The Morgan fingerprint density at radius 3 is 2.52 bits per heavy atom. The van der Waals surface area contributed by atoms with Gasteiger partial charge in [-0.05, 0) is 45.5 Å². The molecule has 0 spiro atoms. The van der Waals surface area contributed by atoms with Crippen molar-refractivity contribution in [1.82, 2.24) is 9.80 Å². The Hall–Kier alpha value is -1.59. The lowest BCUT2D eigenvalue weighted by Crippen LogP contribution is -2.56. The van der Waals surface area contributed by atoms with Gasteiger partial charge in [0.15, 0.2) is 0 Å². The Balaban J connectivity index is 1.91. The van der Waals surface area contributed by atoms with Crippen LogP contribution in [0.5, 0.6) is 0 Å². The summed E-state index contributed by atoms with van der Waals surface area (Å²) in [7, 11) is 2.14. The predicted molar refractivity (Wildman–Crippen MR) is 87.3 cm³/mol. The zero-order valence-corrected chi connectivity index (χ0v) is 13.4. The number of carbonyl (C=O) groups is 1. The maximum Gasteiger partial charge on any atom is 0.238 e. The molecule has 1 aromatic rings. The predicted octanol–water partition coefficient (Wildman–Crippen LogP) is 1.54. The first-order valence-corrected chi connectivity index (χ1v) is 7.47. The van der Waals surface area contributed by atoms with Crippen molar-refractivity contribution >= 4 is 17.3 Å². The van der Waals surface area contributed by atoms with Crippen LogP contribution in [-0.2, 0) is 4.79 Å². The minimum Gasteiger partial charge on any atom is -0.398 e. The number of carbonyl (C=O) groups excluding carboxylic acids is 1. The molecule has 0 saturated carbocycles. The van der Waals surface area contributed by atoms with Gasteiger partial charge in [-0.15, -0.1) is 0 Å². The number of nitrogens with one attached hydrogen (secondary N) is 1. The number of nitrogens with two attached hydrogens (primary N) is 1. The highest BCUT2D eigenvalue weighted by molar-refractivity contribution is 5.92. The highest BCUT2D eigenvalue weighted by Gasteiger charge is 2.27. The molecule has 1 amide bonds. The molecule has 1 saturated heterocycles. The molecule has 3 N–H and O–H groups in total. The molecular weight excluding hydrogens is 264 g/mol. The summed E-state index contributed by atoms with van der Waals surface area (Å²) in [6.45, 7) is 8.61. The molecule has 2 unspecified atom stereocenters. The summed E-state index contributed by atoms with van der Waals surface area (Å²) in [6.07, 6.45) is 0. The summed E-state index contributed by atoms with van der Waals surface area (Å²) in [6, 6.07) is 6.56. The van der Waals surface area contributed by atoms with Gasteiger partial charge < -0.3 is 11.1 Å². The lowest BCUT2D eigenvalue weighted by Gasteiger charge is -2.42. The van der Waals surface area contributed by atoms with E-state index in [1.54, 1.807) is 0 Å². The minimum atomic E-state index is 0.0159. The zero-order valence-electron chi connectivity index (χ0n) is 13.4. The number of aryl methyl sites for hydroxylation is 1. The largest absolute Gasteiger partial charge is 0.398 e. The lowest BCUT2D eigenvalue weighted by atomic mass is 10.1. The molecule has 2 atom stereocenters.